The van der Waals surface area contributed by atoms with Crippen molar-refractivity contribution in [3.63, 3.8) is 0 Å². The summed E-state index contributed by atoms with van der Waals surface area (Å²) in [5, 5.41) is 4.61. The summed E-state index contributed by atoms with van der Waals surface area (Å²) in [6.45, 7) is 4.75. The van der Waals surface area contributed by atoms with Gasteiger partial charge in [-0.25, -0.2) is 0 Å². The van der Waals surface area contributed by atoms with Gasteiger partial charge in [0.1, 0.15) is 0 Å². The summed E-state index contributed by atoms with van der Waals surface area (Å²) in [7, 11) is 0. The summed E-state index contributed by atoms with van der Waals surface area (Å²) in [4.78, 5) is 24.2. The summed E-state index contributed by atoms with van der Waals surface area (Å²) >= 11 is 0. The molecular formula is C20H18F6N2O2. The average molecular weight is 432 g/mol. The van der Waals surface area contributed by atoms with Crippen molar-refractivity contribution >= 4 is 17.5 Å². The first-order valence-corrected chi connectivity index (χ1v) is 8.64. The van der Waals surface area contributed by atoms with Crippen LogP contribution in [0, 0.1) is 20.8 Å². The van der Waals surface area contributed by atoms with Crippen LogP contribution >= 0.6 is 0 Å². The fourth-order valence-corrected chi connectivity index (χ4v) is 2.91. The quantitative estimate of drug-likeness (QED) is 0.667. The van der Waals surface area contributed by atoms with Gasteiger partial charge in [0.15, 0.2) is 0 Å². The van der Waals surface area contributed by atoms with Crippen molar-refractivity contribution < 1.29 is 35.9 Å². The SMILES string of the molecule is Cc1cc(C)c(NC(=O)CNC(=O)c2cc(C(F)(F)F)cc(C(F)(F)F)c2)c(C)c1. The summed E-state index contributed by atoms with van der Waals surface area (Å²) in [5.41, 5.74) is -1.07. The molecular weight excluding hydrogens is 414 g/mol. The molecule has 0 aliphatic rings. The van der Waals surface area contributed by atoms with Gasteiger partial charge in [-0.1, -0.05) is 17.7 Å². The number of amides is 2. The molecule has 0 aliphatic heterocycles. The number of carbonyl (C=O) groups excluding carboxylic acids is 2. The maximum atomic E-state index is 12.9. The molecule has 0 spiro atoms. The highest BCUT2D eigenvalue weighted by Gasteiger charge is 2.37. The van der Waals surface area contributed by atoms with Gasteiger partial charge in [-0.15, -0.1) is 0 Å². The Hall–Kier alpha value is -3.04. The van der Waals surface area contributed by atoms with E-state index >= 15 is 0 Å². The second-order valence-corrected chi connectivity index (χ2v) is 6.80. The van der Waals surface area contributed by atoms with Crippen molar-refractivity contribution in [1.29, 1.82) is 0 Å². The summed E-state index contributed by atoms with van der Waals surface area (Å²) in [6, 6.07) is 4.17. The fraction of sp³-hybridized carbons (Fsp3) is 0.300. The van der Waals surface area contributed by atoms with Crippen molar-refractivity contribution in [3.05, 3.63) is 63.7 Å². The van der Waals surface area contributed by atoms with Crippen molar-refractivity contribution in [2.24, 2.45) is 0 Å². The Morgan fingerprint density at radius 3 is 1.70 bits per heavy atom. The van der Waals surface area contributed by atoms with Crippen LogP contribution in [0.15, 0.2) is 30.3 Å². The highest BCUT2D eigenvalue weighted by Crippen LogP contribution is 2.36. The molecule has 2 aromatic rings. The van der Waals surface area contributed by atoms with Gasteiger partial charge in [0, 0.05) is 11.3 Å². The van der Waals surface area contributed by atoms with Crippen molar-refractivity contribution in [2.45, 2.75) is 33.1 Å². The van der Waals surface area contributed by atoms with Crippen molar-refractivity contribution in [1.82, 2.24) is 5.32 Å². The van der Waals surface area contributed by atoms with Gasteiger partial charge < -0.3 is 10.6 Å². The first-order valence-electron chi connectivity index (χ1n) is 8.64. The molecule has 2 rings (SSSR count). The molecule has 0 atom stereocenters. The number of halogens is 6. The Kier molecular flexibility index (Phi) is 6.48. The molecule has 0 heterocycles. The van der Waals surface area contributed by atoms with E-state index in [2.05, 4.69) is 5.32 Å². The molecule has 0 fully saturated rings. The number of hydrogen-bond donors (Lipinski definition) is 2. The van der Waals surface area contributed by atoms with Gasteiger partial charge in [0.05, 0.1) is 17.7 Å². The van der Waals surface area contributed by atoms with Crippen LogP contribution in [0.25, 0.3) is 0 Å². The van der Waals surface area contributed by atoms with E-state index in [9.17, 15) is 35.9 Å². The Bertz CT molecular complexity index is 925. The fourth-order valence-electron chi connectivity index (χ4n) is 2.91. The maximum absolute atomic E-state index is 12.9. The summed E-state index contributed by atoms with van der Waals surface area (Å²) < 4.78 is 77.4. The van der Waals surface area contributed by atoms with Crippen molar-refractivity contribution in [3.8, 4) is 0 Å². The lowest BCUT2D eigenvalue weighted by Gasteiger charge is -2.15. The standard InChI is InChI=1S/C20H18F6N2O2/c1-10-4-11(2)17(12(3)5-10)28-16(29)9-27-18(30)13-6-14(19(21,22)23)8-15(7-13)20(24,25)26/h4-8H,9H2,1-3H3,(H,27,30)(H,28,29). The van der Waals surface area contributed by atoms with E-state index in [1.807, 2.05) is 24.4 Å². The molecule has 0 saturated carbocycles. The predicted octanol–water partition coefficient (Wildman–Crippen LogP) is 5.02. The van der Waals surface area contributed by atoms with Crippen LogP contribution in [0.4, 0.5) is 32.0 Å². The van der Waals surface area contributed by atoms with Gasteiger partial charge in [-0.2, -0.15) is 26.3 Å². The van der Waals surface area contributed by atoms with Crippen LogP contribution in [-0.2, 0) is 17.1 Å². The number of alkyl halides is 6. The molecule has 2 amide bonds. The van der Waals surface area contributed by atoms with Crippen LogP contribution in [0.5, 0.6) is 0 Å². The van der Waals surface area contributed by atoms with Crippen LogP contribution in [-0.4, -0.2) is 18.4 Å². The molecule has 0 aliphatic carbocycles. The minimum atomic E-state index is -5.08. The number of rotatable bonds is 4. The van der Waals surface area contributed by atoms with E-state index in [0.717, 1.165) is 16.7 Å². The van der Waals surface area contributed by atoms with Gasteiger partial charge in [0.2, 0.25) is 5.91 Å². The summed E-state index contributed by atoms with van der Waals surface area (Å²) in [5.74, 6) is -1.92. The number of nitrogens with one attached hydrogen (secondary N) is 2. The third-order valence-electron chi connectivity index (χ3n) is 4.20. The molecule has 0 bridgehead atoms. The molecule has 4 nitrogen and oxygen atoms in total. The maximum Gasteiger partial charge on any atom is 0.416 e. The molecule has 30 heavy (non-hydrogen) atoms. The third kappa shape index (κ3) is 5.74. The van der Waals surface area contributed by atoms with Crippen LogP contribution < -0.4 is 10.6 Å². The monoisotopic (exact) mass is 432 g/mol. The highest BCUT2D eigenvalue weighted by atomic mass is 19.4. The normalized spacial score (nSPS) is 11.9. The van der Waals surface area contributed by atoms with Crippen LogP contribution in [0.1, 0.15) is 38.2 Å². The van der Waals surface area contributed by atoms with Gasteiger partial charge in [0.25, 0.3) is 5.91 Å². The van der Waals surface area contributed by atoms with E-state index in [0.29, 0.717) is 17.8 Å². The zero-order valence-corrected chi connectivity index (χ0v) is 16.2. The zero-order chi connectivity index (χ0) is 22.9. The second-order valence-electron chi connectivity index (χ2n) is 6.80. The van der Waals surface area contributed by atoms with Crippen LogP contribution in [0.3, 0.4) is 0 Å². The molecule has 0 aromatic heterocycles. The minimum absolute atomic E-state index is 0.0770. The molecule has 0 saturated heterocycles. The smallest absolute Gasteiger partial charge is 0.343 e. The van der Waals surface area contributed by atoms with E-state index in [4.69, 9.17) is 0 Å². The molecule has 2 aromatic carbocycles. The van der Waals surface area contributed by atoms with E-state index < -0.39 is 47.4 Å². The van der Waals surface area contributed by atoms with Crippen molar-refractivity contribution in [2.75, 3.05) is 11.9 Å². The zero-order valence-electron chi connectivity index (χ0n) is 16.2. The minimum Gasteiger partial charge on any atom is -0.343 e. The van der Waals surface area contributed by atoms with E-state index in [-0.39, 0.29) is 6.07 Å². The Morgan fingerprint density at radius 2 is 1.27 bits per heavy atom. The molecule has 2 N–H and O–H groups in total. The lowest BCUT2D eigenvalue weighted by atomic mass is 10.0. The molecule has 10 heteroatoms. The second kappa shape index (κ2) is 8.37. The number of anilines is 1. The Labute approximate surface area is 168 Å². The number of benzene rings is 2. The van der Waals surface area contributed by atoms with Gasteiger partial charge in [-0.05, 0) is 50.1 Å². The van der Waals surface area contributed by atoms with Crippen LogP contribution in [0.2, 0.25) is 0 Å². The Balaban J connectivity index is 2.17. The largest absolute Gasteiger partial charge is 0.416 e. The molecule has 0 radical (unpaired) electrons. The Morgan fingerprint density at radius 1 is 0.800 bits per heavy atom. The highest BCUT2D eigenvalue weighted by molar-refractivity contribution is 6.00. The van der Waals surface area contributed by atoms with Gasteiger partial charge >= 0.3 is 12.4 Å². The van der Waals surface area contributed by atoms with E-state index in [1.165, 1.54) is 0 Å². The lowest BCUT2D eigenvalue weighted by molar-refractivity contribution is -0.143. The average Bonchev–Trinajstić information content (AvgIpc) is 2.60. The topological polar surface area (TPSA) is 58.2 Å². The number of carbonyl (C=O) groups is 2. The predicted molar refractivity (Wildman–Crippen MR) is 98.1 cm³/mol. The first-order chi connectivity index (χ1) is 13.7. The number of hydrogen-bond acceptors (Lipinski definition) is 2. The third-order valence-corrected chi connectivity index (χ3v) is 4.20. The summed E-state index contributed by atoms with van der Waals surface area (Å²) in [6.07, 6.45) is -10.2. The number of aryl methyl sites for hydroxylation is 3. The lowest BCUT2D eigenvalue weighted by Crippen LogP contribution is -2.33. The van der Waals surface area contributed by atoms with Gasteiger partial charge in [-0.3, -0.25) is 9.59 Å². The molecule has 0 unspecified atom stereocenters. The van der Waals surface area contributed by atoms with E-state index in [1.54, 1.807) is 13.8 Å². The molecule has 162 valence electrons. The first kappa shape index (κ1) is 23.2.